The molecule has 0 radical (unpaired) electrons. The third-order valence-electron chi connectivity index (χ3n) is 3.31. The number of halogens is 1. The molecule has 0 atom stereocenters. The Balaban J connectivity index is 1.54. The maximum atomic E-state index is 12.2. The Labute approximate surface area is 144 Å². The fourth-order valence-corrected chi connectivity index (χ4v) is 2.32. The molecule has 0 bridgehead atoms. The molecule has 1 amide bonds. The number of benzene rings is 2. The van der Waals surface area contributed by atoms with Gasteiger partial charge in [0.05, 0.1) is 11.6 Å². The quantitative estimate of drug-likeness (QED) is 0.699. The van der Waals surface area contributed by atoms with Gasteiger partial charge >= 0.3 is 0 Å². The zero-order chi connectivity index (χ0) is 16.8. The Hall–Kier alpha value is -2.86. The van der Waals surface area contributed by atoms with Gasteiger partial charge in [0.15, 0.2) is 0 Å². The normalized spacial score (nSPS) is 10.4. The van der Waals surface area contributed by atoms with Gasteiger partial charge in [0, 0.05) is 11.3 Å². The molecule has 2 aromatic carbocycles. The Morgan fingerprint density at radius 2 is 1.92 bits per heavy atom. The Bertz CT molecular complexity index is 821. The lowest BCUT2D eigenvalue weighted by atomic mass is 10.2. The first kappa shape index (κ1) is 16.0. The van der Waals surface area contributed by atoms with Gasteiger partial charge in [0.25, 0.3) is 5.91 Å². The highest BCUT2D eigenvalue weighted by Crippen LogP contribution is 2.22. The number of carbonyl (C=O) groups excluding carboxylic acids is 1. The maximum absolute atomic E-state index is 12.2. The average Bonchev–Trinajstić information content (AvgIpc) is 3.15. The summed E-state index contributed by atoms with van der Waals surface area (Å²) in [4.78, 5) is 12.2. The van der Waals surface area contributed by atoms with E-state index in [9.17, 15) is 4.79 Å². The number of amides is 1. The third-order valence-corrected chi connectivity index (χ3v) is 3.62. The van der Waals surface area contributed by atoms with Crippen LogP contribution in [-0.4, -0.2) is 33.8 Å². The van der Waals surface area contributed by atoms with Gasteiger partial charge in [-0.25, -0.2) is 0 Å². The van der Waals surface area contributed by atoms with Crippen LogP contribution in [0.15, 0.2) is 61.2 Å². The van der Waals surface area contributed by atoms with Crippen molar-refractivity contribution in [3.8, 4) is 11.4 Å². The summed E-state index contributed by atoms with van der Waals surface area (Å²) >= 11 is 6.00. The van der Waals surface area contributed by atoms with E-state index >= 15 is 0 Å². The van der Waals surface area contributed by atoms with Crippen LogP contribution in [0.3, 0.4) is 0 Å². The van der Waals surface area contributed by atoms with Gasteiger partial charge in [-0.3, -0.25) is 9.36 Å². The van der Waals surface area contributed by atoms with Crippen molar-refractivity contribution in [2.45, 2.75) is 0 Å². The largest absolute Gasteiger partial charge is 0.490 e. The van der Waals surface area contributed by atoms with Gasteiger partial charge in [-0.15, -0.1) is 10.2 Å². The van der Waals surface area contributed by atoms with E-state index in [1.165, 1.54) is 0 Å². The Morgan fingerprint density at radius 1 is 1.12 bits per heavy atom. The van der Waals surface area contributed by atoms with E-state index in [1.54, 1.807) is 41.5 Å². The second-order valence-corrected chi connectivity index (χ2v) is 5.36. The molecule has 3 rings (SSSR count). The van der Waals surface area contributed by atoms with Crippen LogP contribution >= 0.6 is 11.6 Å². The second kappa shape index (κ2) is 7.61. The minimum Gasteiger partial charge on any atom is -0.490 e. The summed E-state index contributed by atoms with van der Waals surface area (Å²) in [5.41, 5.74) is 1.37. The predicted molar refractivity (Wildman–Crippen MR) is 90.6 cm³/mol. The summed E-state index contributed by atoms with van der Waals surface area (Å²) in [6.07, 6.45) is 3.16. The zero-order valence-electron chi connectivity index (χ0n) is 12.7. The smallest absolute Gasteiger partial charge is 0.251 e. The number of hydrogen-bond acceptors (Lipinski definition) is 4. The fraction of sp³-hybridized carbons (Fsp3) is 0.118. The van der Waals surface area contributed by atoms with Crippen molar-refractivity contribution < 1.29 is 9.53 Å². The summed E-state index contributed by atoms with van der Waals surface area (Å²) in [5, 5.41) is 10.9. The number of nitrogens with zero attached hydrogens (tertiary/aromatic N) is 3. The molecule has 0 saturated carbocycles. The molecular weight excluding hydrogens is 328 g/mol. The van der Waals surface area contributed by atoms with E-state index in [4.69, 9.17) is 16.3 Å². The first-order chi connectivity index (χ1) is 11.7. The van der Waals surface area contributed by atoms with Gasteiger partial charge < -0.3 is 10.1 Å². The van der Waals surface area contributed by atoms with Crippen molar-refractivity contribution in [2.75, 3.05) is 13.2 Å². The molecule has 0 aliphatic carbocycles. The molecule has 7 heteroatoms. The molecular formula is C17H15ClN4O2. The summed E-state index contributed by atoms with van der Waals surface area (Å²) in [7, 11) is 0. The lowest BCUT2D eigenvalue weighted by Gasteiger charge is -2.09. The van der Waals surface area contributed by atoms with Crippen LogP contribution in [0.2, 0.25) is 5.02 Å². The predicted octanol–water partition coefficient (Wildman–Crippen LogP) is 2.73. The molecule has 0 aliphatic rings. The monoisotopic (exact) mass is 342 g/mol. The molecule has 122 valence electrons. The number of rotatable bonds is 6. The number of para-hydroxylation sites is 1. The third kappa shape index (κ3) is 3.91. The lowest BCUT2D eigenvalue weighted by Crippen LogP contribution is -2.28. The summed E-state index contributed by atoms with van der Waals surface area (Å²) in [6, 6.07) is 14.4. The fourth-order valence-electron chi connectivity index (χ4n) is 2.13. The van der Waals surface area contributed by atoms with Gasteiger partial charge in [0.2, 0.25) is 0 Å². The van der Waals surface area contributed by atoms with Crippen LogP contribution in [0.4, 0.5) is 0 Å². The minimum absolute atomic E-state index is 0.173. The number of hydrogen-bond donors (Lipinski definition) is 1. The number of carbonyl (C=O) groups is 1. The number of nitrogens with one attached hydrogen (secondary N) is 1. The van der Waals surface area contributed by atoms with E-state index in [1.807, 2.05) is 24.3 Å². The Kier molecular flexibility index (Phi) is 5.08. The molecule has 1 heterocycles. The highest BCUT2D eigenvalue weighted by Gasteiger charge is 2.07. The second-order valence-electron chi connectivity index (χ2n) is 4.95. The van der Waals surface area contributed by atoms with Crippen LogP contribution in [0.5, 0.6) is 5.75 Å². The van der Waals surface area contributed by atoms with E-state index < -0.39 is 0 Å². The number of ether oxygens (including phenoxy) is 1. The first-order valence-corrected chi connectivity index (χ1v) is 7.72. The van der Waals surface area contributed by atoms with Gasteiger partial charge in [-0.05, 0) is 30.3 Å². The molecule has 0 unspecified atom stereocenters. The molecule has 3 aromatic rings. The molecule has 0 saturated heterocycles. The first-order valence-electron chi connectivity index (χ1n) is 7.34. The molecule has 1 aromatic heterocycles. The van der Waals surface area contributed by atoms with Crippen LogP contribution in [0, 0.1) is 0 Å². The topological polar surface area (TPSA) is 69.0 Å². The van der Waals surface area contributed by atoms with Crippen LogP contribution in [0.25, 0.3) is 5.69 Å². The van der Waals surface area contributed by atoms with Gasteiger partial charge in [-0.1, -0.05) is 29.8 Å². The van der Waals surface area contributed by atoms with Crippen molar-refractivity contribution in [1.82, 2.24) is 20.1 Å². The van der Waals surface area contributed by atoms with Crippen molar-refractivity contribution in [1.29, 1.82) is 0 Å². The molecule has 1 N–H and O–H groups in total. The van der Waals surface area contributed by atoms with Crippen LogP contribution < -0.4 is 10.1 Å². The summed E-state index contributed by atoms with van der Waals surface area (Å²) in [6.45, 7) is 0.710. The van der Waals surface area contributed by atoms with E-state index in [0.717, 1.165) is 5.69 Å². The van der Waals surface area contributed by atoms with E-state index in [2.05, 4.69) is 15.5 Å². The summed E-state index contributed by atoms with van der Waals surface area (Å²) in [5.74, 6) is 0.427. The van der Waals surface area contributed by atoms with Crippen molar-refractivity contribution in [3.63, 3.8) is 0 Å². The highest BCUT2D eigenvalue weighted by atomic mass is 35.5. The van der Waals surface area contributed by atoms with Crippen molar-refractivity contribution >= 4 is 17.5 Å². The molecule has 0 fully saturated rings. The van der Waals surface area contributed by atoms with Gasteiger partial charge in [0.1, 0.15) is 25.0 Å². The van der Waals surface area contributed by atoms with Crippen molar-refractivity contribution in [2.24, 2.45) is 0 Å². The maximum Gasteiger partial charge on any atom is 0.251 e. The van der Waals surface area contributed by atoms with Crippen LogP contribution in [-0.2, 0) is 0 Å². The lowest BCUT2D eigenvalue weighted by molar-refractivity contribution is 0.0947. The molecule has 6 nitrogen and oxygen atoms in total. The van der Waals surface area contributed by atoms with E-state index in [0.29, 0.717) is 29.5 Å². The molecule has 24 heavy (non-hydrogen) atoms. The zero-order valence-corrected chi connectivity index (χ0v) is 13.5. The molecule has 0 spiro atoms. The molecule has 0 aliphatic heterocycles. The summed E-state index contributed by atoms with van der Waals surface area (Å²) < 4.78 is 7.27. The Morgan fingerprint density at radius 3 is 2.71 bits per heavy atom. The van der Waals surface area contributed by atoms with Gasteiger partial charge in [-0.2, -0.15) is 0 Å². The van der Waals surface area contributed by atoms with Crippen LogP contribution in [0.1, 0.15) is 10.4 Å². The SMILES string of the molecule is O=C(NCCOc1ccccc1Cl)c1cccc(-n2cnnc2)c1. The van der Waals surface area contributed by atoms with E-state index in [-0.39, 0.29) is 5.91 Å². The van der Waals surface area contributed by atoms with Crippen molar-refractivity contribution in [3.05, 3.63) is 71.8 Å². The number of aromatic nitrogens is 3. The average molecular weight is 343 g/mol. The minimum atomic E-state index is -0.173. The standard InChI is InChI=1S/C17H15ClN4O2/c18-15-6-1-2-7-16(15)24-9-8-19-17(23)13-4-3-5-14(10-13)22-11-20-21-12-22/h1-7,10-12H,8-9H2,(H,19,23). The highest BCUT2D eigenvalue weighted by molar-refractivity contribution is 6.32.